The molecule has 3 nitrogen and oxygen atoms in total. The molecule has 0 aromatic heterocycles. The Bertz CT molecular complexity index is 364. The normalized spacial score (nSPS) is 11.0. The van der Waals surface area contributed by atoms with E-state index in [1.807, 2.05) is 32.9 Å². The number of para-hydroxylation sites is 2. The van der Waals surface area contributed by atoms with Gasteiger partial charge in [-0.2, -0.15) is 0 Å². The van der Waals surface area contributed by atoms with E-state index in [1.54, 1.807) is 19.2 Å². The summed E-state index contributed by atoms with van der Waals surface area (Å²) in [5.41, 5.74) is -0.0703. The van der Waals surface area contributed by atoms with Gasteiger partial charge < -0.3 is 9.47 Å². The molecule has 1 aromatic rings. The van der Waals surface area contributed by atoms with Crippen LogP contribution in [0.4, 0.5) is 0 Å². The molecular weight excluding hydrogens is 204 g/mol. The quantitative estimate of drug-likeness (QED) is 0.582. The molecule has 0 spiro atoms. The molecule has 0 radical (unpaired) electrons. The van der Waals surface area contributed by atoms with E-state index in [0.29, 0.717) is 17.9 Å². The molecule has 16 heavy (non-hydrogen) atoms. The predicted molar refractivity (Wildman–Crippen MR) is 62.7 cm³/mol. The predicted octanol–water partition coefficient (Wildman–Crippen LogP) is 3.04. The van der Waals surface area contributed by atoms with Gasteiger partial charge in [0.2, 0.25) is 0 Å². The van der Waals surface area contributed by atoms with Crippen molar-refractivity contribution < 1.29 is 14.3 Å². The lowest BCUT2D eigenvalue weighted by atomic mass is 9.92. The van der Waals surface area contributed by atoms with E-state index in [2.05, 4.69) is 0 Å². The van der Waals surface area contributed by atoms with Crippen molar-refractivity contribution >= 4 is 5.97 Å². The Morgan fingerprint density at radius 1 is 1.19 bits per heavy atom. The van der Waals surface area contributed by atoms with Crippen molar-refractivity contribution in [1.29, 1.82) is 0 Å². The molecule has 0 saturated carbocycles. The van der Waals surface area contributed by atoms with Gasteiger partial charge in [-0.15, -0.1) is 0 Å². The zero-order valence-corrected chi connectivity index (χ0v) is 10.2. The highest BCUT2D eigenvalue weighted by atomic mass is 16.6. The van der Waals surface area contributed by atoms with Crippen molar-refractivity contribution in [2.24, 2.45) is 5.41 Å². The lowest BCUT2D eigenvalue weighted by Gasteiger charge is -2.17. The Labute approximate surface area is 96.4 Å². The highest BCUT2D eigenvalue weighted by molar-refractivity contribution is 5.73. The Morgan fingerprint density at radius 2 is 1.75 bits per heavy atom. The smallest absolute Gasteiger partial charge is 0.311 e. The number of rotatable bonds is 3. The Kier molecular flexibility index (Phi) is 3.93. The molecule has 0 aliphatic rings. The number of hydrogen-bond donors (Lipinski definition) is 0. The number of ether oxygens (including phenoxy) is 2. The van der Waals surface area contributed by atoms with Gasteiger partial charge in [0.15, 0.2) is 11.5 Å². The molecule has 0 fully saturated rings. The van der Waals surface area contributed by atoms with Crippen LogP contribution in [0.15, 0.2) is 24.3 Å². The fourth-order valence-corrected chi connectivity index (χ4v) is 1.29. The lowest BCUT2D eigenvalue weighted by molar-refractivity contribution is -0.136. The maximum atomic E-state index is 11.6. The minimum Gasteiger partial charge on any atom is -0.493 e. The highest BCUT2D eigenvalue weighted by Crippen LogP contribution is 2.27. The third-order valence-electron chi connectivity index (χ3n) is 1.97. The summed E-state index contributed by atoms with van der Waals surface area (Å²) in [4.78, 5) is 11.6. The first kappa shape index (κ1) is 12.6. The van der Waals surface area contributed by atoms with Crippen molar-refractivity contribution in [3.63, 3.8) is 0 Å². The topological polar surface area (TPSA) is 35.5 Å². The van der Waals surface area contributed by atoms with Crippen LogP contribution in [0.2, 0.25) is 0 Å². The summed E-state index contributed by atoms with van der Waals surface area (Å²) in [5, 5.41) is 0. The molecule has 3 heteroatoms. The van der Waals surface area contributed by atoms with Crippen LogP contribution in [-0.4, -0.2) is 13.1 Å². The van der Waals surface area contributed by atoms with Crippen LogP contribution >= 0.6 is 0 Å². The van der Waals surface area contributed by atoms with Gasteiger partial charge in [-0.05, 0) is 17.5 Å². The van der Waals surface area contributed by atoms with E-state index in [9.17, 15) is 4.79 Å². The Hall–Kier alpha value is -1.51. The lowest BCUT2D eigenvalue weighted by Crippen LogP contribution is -2.17. The standard InChI is InChI=1S/C13H18O3/c1-13(2,3)9-12(14)16-11-8-6-5-7-10(11)15-4/h5-8H,9H2,1-4H3. The van der Waals surface area contributed by atoms with E-state index in [4.69, 9.17) is 9.47 Å². The van der Waals surface area contributed by atoms with Crippen LogP contribution in [0.5, 0.6) is 11.5 Å². The van der Waals surface area contributed by atoms with E-state index in [0.717, 1.165) is 0 Å². The number of benzene rings is 1. The summed E-state index contributed by atoms with van der Waals surface area (Å²) < 4.78 is 10.3. The van der Waals surface area contributed by atoms with E-state index >= 15 is 0 Å². The molecule has 0 aliphatic heterocycles. The molecule has 1 rings (SSSR count). The van der Waals surface area contributed by atoms with Gasteiger partial charge in [0.25, 0.3) is 0 Å². The summed E-state index contributed by atoms with van der Waals surface area (Å²) >= 11 is 0. The molecule has 0 bridgehead atoms. The van der Waals surface area contributed by atoms with E-state index < -0.39 is 0 Å². The molecule has 0 atom stereocenters. The van der Waals surface area contributed by atoms with E-state index in [1.165, 1.54) is 0 Å². The van der Waals surface area contributed by atoms with Crippen LogP contribution in [0.1, 0.15) is 27.2 Å². The zero-order valence-electron chi connectivity index (χ0n) is 10.2. The van der Waals surface area contributed by atoms with Crippen LogP contribution in [-0.2, 0) is 4.79 Å². The van der Waals surface area contributed by atoms with Crippen molar-refractivity contribution in [1.82, 2.24) is 0 Å². The minimum atomic E-state index is -0.239. The highest BCUT2D eigenvalue weighted by Gasteiger charge is 2.18. The third-order valence-corrected chi connectivity index (χ3v) is 1.97. The maximum absolute atomic E-state index is 11.6. The molecule has 88 valence electrons. The molecule has 0 amide bonds. The Balaban J connectivity index is 2.70. The fourth-order valence-electron chi connectivity index (χ4n) is 1.29. The summed E-state index contributed by atoms with van der Waals surface area (Å²) in [7, 11) is 1.55. The first-order valence-corrected chi connectivity index (χ1v) is 5.26. The summed E-state index contributed by atoms with van der Waals surface area (Å²) in [6.07, 6.45) is 0.380. The molecular formula is C13H18O3. The maximum Gasteiger partial charge on any atom is 0.311 e. The Morgan fingerprint density at radius 3 is 2.25 bits per heavy atom. The third kappa shape index (κ3) is 3.93. The van der Waals surface area contributed by atoms with Crippen molar-refractivity contribution in [2.45, 2.75) is 27.2 Å². The number of esters is 1. The van der Waals surface area contributed by atoms with Gasteiger partial charge in [-0.1, -0.05) is 32.9 Å². The van der Waals surface area contributed by atoms with Crippen molar-refractivity contribution in [2.75, 3.05) is 7.11 Å². The van der Waals surface area contributed by atoms with Gasteiger partial charge in [0, 0.05) is 0 Å². The first-order valence-electron chi connectivity index (χ1n) is 5.26. The summed E-state index contributed by atoms with van der Waals surface area (Å²) in [5.74, 6) is 0.806. The van der Waals surface area contributed by atoms with Gasteiger partial charge >= 0.3 is 5.97 Å². The molecule has 0 N–H and O–H groups in total. The SMILES string of the molecule is COc1ccccc1OC(=O)CC(C)(C)C. The largest absolute Gasteiger partial charge is 0.493 e. The molecule has 0 unspecified atom stereocenters. The number of methoxy groups -OCH3 is 1. The second kappa shape index (κ2) is 5.01. The van der Waals surface area contributed by atoms with Gasteiger partial charge in [0.1, 0.15) is 0 Å². The average Bonchev–Trinajstić information content (AvgIpc) is 2.15. The van der Waals surface area contributed by atoms with Crippen LogP contribution < -0.4 is 9.47 Å². The summed E-state index contributed by atoms with van der Waals surface area (Å²) in [6.45, 7) is 5.99. The number of hydrogen-bond acceptors (Lipinski definition) is 3. The minimum absolute atomic E-state index is 0.0703. The van der Waals surface area contributed by atoms with Gasteiger partial charge in [-0.25, -0.2) is 0 Å². The summed E-state index contributed by atoms with van der Waals surface area (Å²) in [6, 6.07) is 7.13. The van der Waals surface area contributed by atoms with Crippen molar-refractivity contribution in [3.8, 4) is 11.5 Å². The molecule has 0 saturated heterocycles. The number of carbonyl (C=O) groups excluding carboxylic acids is 1. The first-order chi connectivity index (χ1) is 7.42. The number of carbonyl (C=O) groups is 1. The zero-order chi connectivity index (χ0) is 12.2. The monoisotopic (exact) mass is 222 g/mol. The fraction of sp³-hybridized carbons (Fsp3) is 0.462. The second-order valence-corrected chi connectivity index (χ2v) is 4.86. The van der Waals surface area contributed by atoms with Gasteiger partial charge in [0.05, 0.1) is 13.5 Å². The van der Waals surface area contributed by atoms with Crippen LogP contribution in [0, 0.1) is 5.41 Å². The molecule has 0 aliphatic carbocycles. The van der Waals surface area contributed by atoms with Crippen LogP contribution in [0.3, 0.4) is 0 Å². The van der Waals surface area contributed by atoms with E-state index in [-0.39, 0.29) is 11.4 Å². The van der Waals surface area contributed by atoms with Crippen LogP contribution in [0.25, 0.3) is 0 Å². The average molecular weight is 222 g/mol. The van der Waals surface area contributed by atoms with Gasteiger partial charge in [-0.3, -0.25) is 4.79 Å². The molecule has 1 aromatic carbocycles. The van der Waals surface area contributed by atoms with Crippen molar-refractivity contribution in [3.05, 3.63) is 24.3 Å². The molecule has 0 heterocycles. The second-order valence-electron chi connectivity index (χ2n) is 4.86.